The zero-order valence-electron chi connectivity index (χ0n) is 15.7. The smallest absolute Gasteiger partial charge is 0.360 e. The summed E-state index contributed by atoms with van der Waals surface area (Å²) in [6, 6.07) is 15.1. The number of aryl methyl sites for hydroxylation is 1. The monoisotopic (exact) mass is 378 g/mol. The Labute approximate surface area is 158 Å². The van der Waals surface area contributed by atoms with E-state index in [1.54, 1.807) is 19.2 Å². The molecule has 0 aliphatic heterocycles. The molecule has 0 N–H and O–H groups in total. The highest BCUT2D eigenvalue weighted by atomic mass is 32.2. The van der Waals surface area contributed by atoms with E-state index in [0.29, 0.717) is 18.8 Å². The second kappa shape index (κ2) is 9.71. The summed E-state index contributed by atoms with van der Waals surface area (Å²) in [6.07, 6.45) is 0.656. The van der Waals surface area contributed by atoms with E-state index in [1.807, 2.05) is 43.3 Å². The van der Waals surface area contributed by atoms with Crippen LogP contribution >= 0.6 is 0 Å². The summed E-state index contributed by atoms with van der Waals surface area (Å²) in [6.45, 7) is 6.65. The number of methoxy groups -OCH3 is 1. The van der Waals surface area contributed by atoms with Crippen molar-refractivity contribution in [3.05, 3.63) is 59.7 Å². The van der Waals surface area contributed by atoms with Gasteiger partial charge in [0.05, 0.1) is 6.61 Å². The molecule has 0 heterocycles. The molecule has 1 unspecified atom stereocenters. The van der Waals surface area contributed by atoms with Gasteiger partial charge in [0.2, 0.25) is 0 Å². The van der Waals surface area contributed by atoms with E-state index in [9.17, 15) is 4.21 Å². The SMILES string of the molecule is COCOc1ccccc1C(C)(C)CCOS(=O)Oc1ccc(C)cc1. The first kappa shape index (κ1) is 20.4. The van der Waals surface area contributed by atoms with Crippen LogP contribution in [0.1, 0.15) is 31.4 Å². The maximum Gasteiger partial charge on any atom is 0.360 e. The van der Waals surface area contributed by atoms with Crippen molar-refractivity contribution in [2.75, 3.05) is 20.5 Å². The third-order valence-corrected chi connectivity index (χ3v) is 4.73. The van der Waals surface area contributed by atoms with Crippen molar-refractivity contribution in [3.8, 4) is 11.5 Å². The van der Waals surface area contributed by atoms with E-state index >= 15 is 0 Å². The lowest BCUT2D eigenvalue weighted by molar-refractivity contribution is 0.0495. The molecule has 0 aromatic heterocycles. The van der Waals surface area contributed by atoms with Gasteiger partial charge >= 0.3 is 11.4 Å². The van der Waals surface area contributed by atoms with Gasteiger partial charge in [0.15, 0.2) is 6.79 Å². The highest BCUT2D eigenvalue weighted by Crippen LogP contribution is 2.34. The van der Waals surface area contributed by atoms with Gasteiger partial charge in [-0.05, 0) is 42.5 Å². The van der Waals surface area contributed by atoms with Gasteiger partial charge in [-0.2, -0.15) is 4.21 Å². The normalized spacial score (nSPS) is 12.6. The molecule has 6 heteroatoms. The van der Waals surface area contributed by atoms with E-state index < -0.39 is 11.4 Å². The van der Waals surface area contributed by atoms with Crippen molar-refractivity contribution in [2.45, 2.75) is 32.6 Å². The predicted octanol–water partition coefficient (Wildman–Crippen LogP) is 4.32. The van der Waals surface area contributed by atoms with E-state index in [4.69, 9.17) is 17.8 Å². The molecule has 1 atom stereocenters. The Morgan fingerprint density at radius 2 is 1.73 bits per heavy atom. The summed E-state index contributed by atoms with van der Waals surface area (Å²) in [5.41, 5.74) is 1.93. The van der Waals surface area contributed by atoms with E-state index in [1.165, 1.54) is 0 Å². The molecular formula is C20H26O5S. The van der Waals surface area contributed by atoms with Crippen LogP contribution in [0.2, 0.25) is 0 Å². The molecule has 5 nitrogen and oxygen atoms in total. The Kier molecular flexibility index (Phi) is 7.63. The topological polar surface area (TPSA) is 54.0 Å². The number of hydrogen-bond donors (Lipinski definition) is 0. The maximum absolute atomic E-state index is 12.0. The minimum absolute atomic E-state index is 0.192. The number of rotatable bonds is 10. The van der Waals surface area contributed by atoms with Gasteiger partial charge in [-0.3, -0.25) is 4.18 Å². The molecule has 0 spiro atoms. The highest BCUT2D eigenvalue weighted by molar-refractivity contribution is 7.75. The lowest BCUT2D eigenvalue weighted by atomic mass is 9.81. The number of para-hydroxylation sites is 1. The van der Waals surface area contributed by atoms with Gasteiger partial charge in [0.25, 0.3) is 0 Å². The fraction of sp³-hybridized carbons (Fsp3) is 0.400. The molecule has 142 valence electrons. The quantitative estimate of drug-likeness (QED) is 0.576. The number of hydrogen-bond acceptors (Lipinski definition) is 5. The summed E-state index contributed by atoms with van der Waals surface area (Å²) < 4.78 is 33.2. The second-order valence-electron chi connectivity index (χ2n) is 6.60. The average molecular weight is 378 g/mol. The molecule has 0 radical (unpaired) electrons. The number of benzene rings is 2. The molecule has 2 aromatic rings. The number of ether oxygens (including phenoxy) is 2. The Bertz CT molecular complexity index is 712. The fourth-order valence-electron chi connectivity index (χ4n) is 2.47. The van der Waals surface area contributed by atoms with Crippen LogP contribution in [0.5, 0.6) is 11.5 Å². The first-order valence-electron chi connectivity index (χ1n) is 8.43. The van der Waals surface area contributed by atoms with Crippen LogP contribution in [0.3, 0.4) is 0 Å². The largest absolute Gasteiger partial charge is 0.467 e. The van der Waals surface area contributed by atoms with Gasteiger partial charge in [0, 0.05) is 7.11 Å². The van der Waals surface area contributed by atoms with Crippen molar-refractivity contribution < 1.29 is 22.0 Å². The molecule has 0 bridgehead atoms. The van der Waals surface area contributed by atoms with E-state index in [2.05, 4.69) is 13.8 Å². The first-order chi connectivity index (χ1) is 12.4. The van der Waals surface area contributed by atoms with Gasteiger partial charge in [-0.25, -0.2) is 0 Å². The summed E-state index contributed by atoms with van der Waals surface area (Å²) >= 11 is -1.83. The standard InChI is InChI=1S/C20H26O5S/c1-16-9-11-17(12-10-16)25-26(21)24-14-13-20(2,3)18-7-5-6-8-19(18)23-15-22-4/h5-12H,13-15H2,1-4H3. The summed E-state index contributed by atoms with van der Waals surface area (Å²) in [4.78, 5) is 0. The van der Waals surface area contributed by atoms with Crippen molar-refractivity contribution in [1.29, 1.82) is 0 Å². The van der Waals surface area contributed by atoms with E-state index in [-0.39, 0.29) is 12.2 Å². The van der Waals surface area contributed by atoms with Crippen LogP contribution in [0.4, 0.5) is 0 Å². The zero-order valence-corrected chi connectivity index (χ0v) is 16.5. The molecule has 0 amide bonds. The van der Waals surface area contributed by atoms with Gasteiger partial charge < -0.3 is 13.7 Å². The summed E-state index contributed by atoms with van der Waals surface area (Å²) in [7, 11) is 1.59. The molecule has 0 aliphatic rings. The lowest BCUT2D eigenvalue weighted by Crippen LogP contribution is -2.22. The van der Waals surface area contributed by atoms with Crippen LogP contribution in [-0.4, -0.2) is 24.7 Å². The van der Waals surface area contributed by atoms with Crippen molar-refractivity contribution >= 4 is 11.4 Å². The van der Waals surface area contributed by atoms with Crippen LogP contribution < -0.4 is 8.92 Å². The Morgan fingerprint density at radius 3 is 2.42 bits per heavy atom. The van der Waals surface area contributed by atoms with Crippen LogP contribution in [0, 0.1) is 6.92 Å². The van der Waals surface area contributed by atoms with Crippen LogP contribution in [0.15, 0.2) is 48.5 Å². The first-order valence-corrected chi connectivity index (χ1v) is 9.43. The summed E-state index contributed by atoms with van der Waals surface area (Å²) in [5, 5.41) is 0. The molecular weight excluding hydrogens is 352 g/mol. The van der Waals surface area contributed by atoms with Crippen molar-refractivity contribution in [1.82, 2.24) is 0 Å². The molecule has 26 heavy (non-hydrogen) atoms. The maximum atomic E-state index is 12.0. The Hall–Kier alpha value is -1.89. The minimum atomic E-state index is -1.83. The van der Waals surface area contributed by atoms with E-state index in [0.717, 1.165) is 16.9 Å². The Morgan fingerprint density at radius 1 is 1.04 bits per heavy atom. The zero-order chi connectivity index (χ0) is 19.0. The second-order valence-corrected chi connectivity index (χ2v) is 7.41. The highest BCUT2D eigenvalue weighted by Gasteiger charge is 2.24. The third kappa shape index (κ3) is 6.12. The minimum Gasteiger partial charge on any atom is -0.467 e. The fourth-order valence-corrected chi connectivity index (χ4v) is 3.01. The lowest BCUT2D eigenvalue weighted by Gasteiger charge is -2.27. The summed E-state index contributed by atoms with van der Waals surface area (Å²) in [5.74, 6) is 1.29. The van der Waals surface area contributed by atoms with Gasteiger partial charge in [-0.1, -0.05) is 49.7 Å². The molecule has 0 fully saturated rings. The third-order valence-electron chi connectivity index (χ3n) is 4.04. The molecule has 0 saturated carbocycles. The predicted molar refractivity (Wildman–Crippen MR) is 102 cm³/mol. The molecule has 0 saturated heterocycles. The average Bonchev–Trinajstić information content (AvgIpc) is 2.62. The van der Waals surface area contributed by atoms with Gasteiger partial charge in [0.1, 0.15) is 11.5 Å². The van der Waals surface area contributed by atoms with Crippen LogP contribution in [-0.2, 0) is 25.7 Å². The van der Waals surface area contributed by atoms with Crippen molar-refractivity contribution in [2.24, 2.45) is 0 Å². The van der Waals surface area contributed by atoms with Crippen molar-refractivity contribution in [3.63, 3.8) is 0 Å². The van der Waals surface area contributed by atoms with Crippen LogP contribution in [0.25, 0.3) is 0 Å². The van der Waals surface area contributed by atoms with Gasteiger partial charge in [-0.15, -0.1) is 0 Å². The molecule has 0 aliphatic carbocycles. The molecule has 2 aromatic carbocycles. The Balaban J connectivity index is 1.89. The molecule has 2 rings (SSSR count).